The van der Waals surface area contributed by atoms with Gasteiger partial charge in [-0.3, -0.25) is 0 Å². The van der Waals surface area contributed by atoms with E-state index >= 15 is 0 Å². The summed E-state index contributed by atoms with van der Waals surface area (Å²) in [6.07, 6.45) is 2.61. The predicted octanol–water partition coefficient (Wildman–Crippen LogP) is 3.02. The van der Waals surface area contributed by atoms with E-state index in [2.05, 4.69) is 26.1 Å². The van der Waals surface area contributed by atoms with E-state index in [-0.39, 0.29) is 12.1 Å². The molecule has 0 fully saturated rings. The number of aliphatic hydroxyl groups is 1. The van der Waals surface area contributed by atoms with Gasteiger partial charge >= 0.3 is 0 Å². The largest absolute Gasteiger partial charge is 0.491 e. The van der Waals surface area contributed by atoms with Gasteiger partial charge in [-0.2, -0.15) is 0 Å². The number of rotatable bonds is 8. The van der Waals surface area contributed by atoms with Gasteiger partial charge in [0.2, 0.25) is 0 Å². The first-order chi connectivity index (χ1) is 9.12. The van der Waals surface area contributed by atoms with Crippen LogP contribution in [0.2, 0.25) is 0 Å². The Kier molecular flexibility index (Phi) is 5.96. The number of nitrogens with two attached hydrogens (primary N) is 1. The monoisotopic (exact) mass is 266 g/mol. The van der Waals surface area contributed by atoms with Crippen molar-refractivity contribution in [3.63, 3.8) is 0 Å². The molecule has 4 nitrogen and oxygen atoms in total. The zero-order valence-corrected chi connectivity index (χ0v) is 12.2. The summed E-state index contributed by atoms with van der Waals surface area (Å²) in [6.45, 7) is 6.91. The molecule has 0 saturated carbocycles. The second-order valence-electron chi connectivity index (χ2n) is 4.84. The van der Waals surface area contributed by atoms with Gasteiger partial charge in [-0.1, -0.05) is 26.8 Å². The maximum Gasteiger partial charge on any atom is 0.144 e. The van der Waals surface area contributed by atoms with Crippen LogP contribution in [0, 0.1) is 0 Å². The summed E-state index contributed by atoms with van der Waals surface area (Å²) in [5, 5.41) is 13.0. The number of para-hydroxylation sites is 1. The van der Waals surface area contributed by atoms with Crippen molar-refractivity contribution in [1.29, 1.82) is 0 Å². The lowest BCUT2D eigenvalue weighted by molar-refractivity contribution is 0.202. The fraction of sp³-hybridized carbons (Fsp3) is 0.600. The normalized spacial score (nSPS) is 11.4. The Balaban J connectivity index is 2.94. The summed E-state index contributed by atoms with van der Waals surface area (Å²) in [5.74, 6) is 0.700. The van der Waals surface area contributed by atoms with Gasteiger partial charge < -0.3 is 20.9 Å². The van der Waals surface area contributed by atoms with Gasteiger partial charge in [-0.05, 0) is 31.4 Å². The minimum atomic E-state index is -0.322. The van der Waals surface area contributed by atoms with E-state index in [1.54, 1.807) is 0 Å². The van der Waals surface area contributed by atoms with E-state index in [0.29, 0.717) is 18.0 Å². The Morgan fingerprint density at radius 3 is 2.47 bits per heavy atom. The smallest absolute Gasteiger partial charge is 0.144 e. The molecule has 1 aromatic rings. The molecule has 0 bridgehead atoms. The quantitative estimate of drug-likeness (QED) is 0.633. The van der Waals surface area contributed by atoms with Crippen LogP contribution in [0.5, 0.6) is 5.75 Å². The molecule has 0 spiro atoms. The van der Waals surface area contributed by atoms with Crippen molar-refractivity contribution in [2.75, 3.05) is 24.3 Å². The zero-order chi connectivity index (χ0) is 14.3. The van der Waals surface area contributed by atoms with Crippen molar-refractivity contribution < 1.29 is 9.84 Å². The van der Waals surface area contributed by atoms with Crippen molar-refractivity contribution in [1.82, 2.24) is 0 Å². The molecule has 0 radical (unpaired) electrons. The highest BCUT2D eigenvalue weighted by molar-refractivity contribution is 5.73. The molecule has 0 atom stereocenters. The number of hydrogen-bond acceptors (Lipinski definition) is 4. The number of ether oxygens (including phenoxy) is 1. The fourth-order valence-electron chi connectivity index (χ4n) is 1.97. The minimum Gasteiger partial charge on any atom is -0.491 e. The zero-order valence-electron chi connectivity index (χ0n) is 12.2. The van der Waals surface area contributed by atoms with Crippen LogP contribution in [0.4, 0.5) is 11.4 Å². The van der Waals surface area contributed by atoms with Crippen molar-refractivity contribution in [2.24, 2.45) is 0 Å². The highest BCUT2D eigenvalue weighted by atomic mass is 16.5. The third-order valence-electron chi connectivity index (χ3n) is 3.58. The molecule has 0 aliphatic heterocycles. The minimum absolute atomic E-state index is 0.0828. The highest BCUT2D eigenvalue weighted by Crippen LogP contribution is 2.32. The molecule has 1 rings (SSSR count). The van der Waals surface area contributed by atoms with Crippen LogP contribution in [0.1, 0.15) is 40.0 Å². The van der Waals surface area contributed by atoms with Crippen LogP contribution >= 0.6 is 0 Å². The van der Waals surface area contributed by atoms with Crippen molar-refractivity contribution in [3.05, 3.63) is 18.2 Å². The number of nitrogen functional groups attached to an aromatic ring is 1. The molecule has 0 unspecified atom stereocenters. The van der Waals surface area contributed by atoms with Crippen LogP contribution in [0.15, 0.2) is 18.2 Å². The lowest BCUT2D eigenvalue weighted by Gasteiger charge is -2.32. The first-order valence-electron chi connectivity index (χ1n) is 7.02. The standard InChI is InChI=1S/C15H26N2O2/c1-4-10-19-13-9-7-8-12(14(13)16)17-15(5-2,6-3)11-18/h7-9,17-18H,4-6,10-11,16H2,1-3H3. The first-order valence-corrected chi connectivity index (χ1v) is 7.02. The molecular weight excluding hydrogens is 240 g/mol. The Hall–Kier alpha value is -1.42. The van der Waals surface area contributed by atoms with Crippen LogP contribution < -0.4 is 15.8 Å². The number of hydrogen-bond donors (Lipinski definition) is 3. The van der Waals surface area contributed by atoms with Crippen LogP contribution in [-0.4, -0.2) is 23.9 Å². The van der Waals surface area contributed by atoms with Crippen molar-refractivity contribution in [3.8, 4) is 5.75 Å². The molecule has 4 N–H and O–H groups in total. The maximum absolute atomic E-state index is 9.60. The lowest BCUT2D eigenvalue weighted by Crippen LogP contribution is -2.41. The van der Waals surface area contributed by atoms with Crippen molar-refractivity contribution in [2.45, 2.75) is 45.6 Å². The van der Waals surface area contributed by atoms with E-state index < -0.39 is 0 Å². The second-order valence-corrected chi connectivity index (χ2v) is 4.84. The van der Waals surface area contributed by atoms with Gasteiger partial charge in [0, 0.05) is 0 Å². The third kappa shape index (κ3) is 3.77. The third-order valence-corrected chi connectivity index (χ3v) is 3.58. The molecule has 0 amide bonds. The van der Waals surface area contributed by atoms with E-state index in [1.807, 2.05) is 18.2 Å². The molecule has 0 heterocycles. The van der Waals surface area contributed by atoms with E-state index in [0.717, 1.165) is 24.9 Å². The predicted molar refractivity (Wildman–Crippen MR) is 80.7 cm³/mol. The molecule has 4 heteroatoms. The number of aliphatic hydroxyl groups excluding tert-OH is 1. The fourth-order valence-corrected chi connectivity index (χ4v) is 1.97. The van der Waals surface area contributed by atoms with Gasteiger partial charge in [0.15, 0.2) is 0 Å². The molecule has 108 valence electrons. The summed E-state index contributed by atoms with van der Waals surface area (Å²) < 4.78 is 5.61. The molecular formula is C15H26N2O2. The summed E-state index contributed by atoms with van der Waals surface area (Å²) >= 11 is 0. The van der Waals surface area contributed by atoms with E-state index in [9.17, 15) is 5.11 Å². The molecule has 0 aliphatic rings. The van der Waals surface area contributed by atoms with Crippen molar-refractivity contribution >= 4 is 11.4 Å². The summed E-state index contributed by atoms with van der Waals surface area (Å²) in [4.78, 5) is 0. The van der Waals surface area contributed by atoms with Crippen LogP contribution in [-0.2, 0) is 0 Å². The second kappa shape index (κ2) is 7.24. The van der Waals surface area contributed by atoms with Gasteiger partial charge in [-0.25, -0.2) is 0 Å². The van der Waals surface area contributed by atoms with E-state index in [4.69, 9.17) is 10.5 Å². The Bertz CT molecular complexity index is 381. The summed E-state index contributed by atoms with van der Waals surface area (Å²) in [5.41, 5.74) is 7.24. The Morgan fingerprint density at radius 2 is 1.95 bits per heavy atom. The number of benzene rings is 1. The van der Waals surface area contributed by atoms with Gasteiger partial charge in [0.05, 0.1) is 30.1 Å². The first kappa shape index (κ1) is 15.6. The molecule has 19 heavy (non-hydrogen) atoms. The lowest BCUT2D eigenvalue weighted by atomic mass is 9.93. The molecule has 1 aromatic carbocycles. The van der Waals surface area contributed by atoms with E-state index in [1.165, 1.54) is 0 Å². The molecule has 0 saturated heterocycles. The maximum atomic E-state index is 9.60. The number of nitrogens with one attached hydrogen (secondary N) is 1. The van der Waals surface area contributed by atoms with Crippen LogP contribution in [0.25, 0.3) is 0 Å². The average molecular weight is 266 g/mol. The molecule has 0 aliphatic carbocycles. The topological polar surface area (TPSA) is 67.5 Å². The number of anilines is 2. The summed E-state index contributed by atoms with van der Waals surface area (Å²) in [7, 11) is 0. The Labute approximate surface area is 116 Å². The summed E-state index contributed by atoms with van der Waals surface area (Å²) in [6, 6.07) is 5.70. The molecule has 0 aromatic heterocycles. The SMILES string of the molecule is CCCOc1cccc(NC(CC)(CC)CO)c1N. The van der Waals surface area contributed by atoms with Gasteiger partial charge in [-0.15, -0.1) is 0 Å². The Morgan fingerprint density at radius 1 is 1.26 bits per heavy atom. The highest BCUT2D eigenvalue weighted by Gasteiger charge is 2.25. The average Bonchev–Trinajstić information content (AvgIpc) is 2.45. The van der Waals surface area contributed by atoms with Gasteiger partial charge in [0.1, 0.15) is 5.75 Å². The van der Waals surface area contributed by atoms with Gasteiger partial charge in [0.25, 0.3) is 0 Å². The van der Waals surface area contributed by atoms with Crippen LogP contribution in [0.3, 0.4) is 0 Å².